The summed E-state index contributed by atoms with van der Waals surface area (Å²) in [6.07, 6.45) is 1.57. The highest BCUT2D eigenvalue weighted by molar-refractivity contribution is 6.30. The van der Waals surface area contributed by atoms with Crippen LogP contribution in [0.15, 0.2) is 54.6 Å². The number of aromatic nitrogens is 1. The Balaban J connectivity index is 1.57. The Morgan fingerprint density at radius 2 is 1.80 bits per heavy atom. The monoisotopic (exact) mass is 422 g/mol. The van der Waals surface area contributed by atoms with Crippen LogP contribution in [0.5, 0.6) is 0 Å². The van der Waals surface area contributed by atoms with E-state index in [0.717, 1.165) is 48.1 Å². The van der Waals surface area contributed by atoms with Crippen molar-refractivity contribution in [1.29, 1.82) is 0 Å². The molecule has 0 radical (unpaired) electrons. The van der Waals surface area contributed by atoms with Crippen molar-refractivity contribution in [3.8, 4) is 11.3 Å². The number of rotatable bonds is 5. The average Bonchev–Trinajstić information content (AvgIpc) is 2.74. The van der Waals surface area contributed by atoms with Crippen molar-refractivity contribution in [3.63, 3.8) is 0 Å². The lowest BCUT2D eigenvalue weighted by Gasteiger charge is -2.31. The van der Waals surface area contributed by atoms with Gasteiger partial charge in [-0.05, 0) is 37.1 Å². The zero-order valence-electron chi connectivity index (χ0n) is 16.5. The van der Waals surface area contributed by atoms with E-state index in [1.807, 2.05) is 59.5 Å². The van der Waals surface area contributed by atoms with E-state index in [9.17, 15) is 9.59 Å². The zero-order valence-corrected chi connectivity index (χ0v) is 17.2. The summed E-state index contributed by atoms with van der Waals surface area (Å²) < 4.78 is 0. The highest BCUT2D eigenvalue weighted by Crippen LogP contribution is 2.26. The van der Waals surface area contributed by atoms with Gasteiger partial charge in [0.25, 0.3) is 5.91 Å². The van der Waals surface area contributed by atoms with Gasteiger partial charge in [0, 0.05) is 35.1 Å². The van der Waals surface area contributed by atoms with Gasteiger partial charge in [0.2, 0.25) is 5.91 Å². The Labute approximate surface area is 180 Å². The van der Waals surface area contributed by atoms with Crippen LogP contribution in [-0.2, 0) is 4.79 Å². The van der Waals surface area contributed by atoms with Gasteiger partial charge in [-0.25, -0.2) is 4.98 Å². The maximum absolute atomic E-state index is 13.2. The third kappa shape index (κ3) is 4.61. The summed E-state index contributed by atoms with van der Waals surface area (Å²) in [6, 6.07) is 17.0. The Bertz CT molecular complexity index is 1080. The Morgan fingerprint density at radius 1 is 1.10 bits per heavy atom. The second-order valence-corrected chi connectivity index (χ2v) is 8.01. The molecule has 0 unspecified atom stereocenters. The first-order valence-corrected chi connectivity index (χ1v) is 10.3. The third-order valence-corrected chi connectivity index (χ3v) is 5.66. The fourth-order valence-corrected chi connectivity index (χ4v) is 3.98. The van der Waals surface area contributed by atoms with Gasteiger partial charge in [-0.2, -0.15) is 0 Å². The first-order valence-electron chi connectivity index (χ1n) is 9.97. The topological polar surface area (TPSA) is 88.3 Å². The number of nitrogens with zero attached hydrogens (tertiary/aromatic N) is 2. The molecule has 2 aromatic carbocycles. The normalized spacial score (nSPS) is 15.2. The van der Waals surface area contributed by atoms with Crippen LogP contribution in [-0.4, -0.2) is 47.4 Å². The quantitative estimate of drug-likeness (QED) is 0.660. The molecule has 7 heteroatoms. The number of carbonyl (C=O) groups is 2. The average molecular weight is 423 g/mol. The number of nitrogens with two attached hydrogens (primary N) is 1. The van der Waals surface area contributed by atoms with Crippen molar-refractivity contribution >= 4 is 34.3 Å². The number of likely N-dealkylation sites (tertiary alicyclic amines) is 1. The number of hydrogen-bond donors (Lipinski definition) is 2. The molecule has 30 heavy (non-hydrogen) atoms. The Kier molecular flexibility index (Phi) is 5.97. The molecule has 1 saturated heterocycles. The largest absolute Gasteiger partial charge is 0.369 e. The molecule has 154 valence electrons. The smallest absolute Gasteiger partial charge is 0.252 e. The maximum Gasteiger partial charge on any atom is 0.252 e. The minimum Gasteiger partial charge on any atom is -0.369 e. The Morgan fingerprint density at radius 3 is 2.50 bits per heavy atom. The summed E-state index contributed by atoms with van der Waals surface area (Å²) >= 11 is 6.01. The Hall–Kier alpha value is -2.96. The number of nitrogens with one attached hydrogen (secondary N) is 1. The minimum atomic E-state index is -0.324. The molecule has 2 heterocycles. The second-order valence-electron chi connectivity index (χ2n) is 7.57. The van der Waals surface area contributed by atoms with Crippen LogP contribution in [0.25, 0.3) is 22.2 Å². The van der Waals surface area contributed by atoms with Gasteiger partial charge < -0.3 is 11.1 Å². The number of primary amides is 1. The first-order chi connectivity index (χ1) is 14.5. The van der Waals surface area contributed by atoms with Crippen molar-refractivity contribution < 1.29 is 9.59 Å². The van der Waals surface area contributed by atoms with Crippen LogP contribution in [0.4, 0.5) is 0 Å². The van der Waals surface area contributed by atoms with Crippen LogP contribution in [0.2, 0.25) is 5.02 Å². The SMILES string of the molecule is NC(=O)CN1CCC(NC(=O)c2cc(-c3ccc(Cl)cc3)nc3ccccc23)CC1. The van der Waals surface area contributed by atoms with Gasteiger partial charge in [0.15, 0.2) is 0 Å². The molecule has 0 saturated carbocycles. The number of pyridine rings is 1. The van der Waals surface area contributed by atoms with Gasteiger partial charge in [0.05, 0.1) is 23.3 Å². The van der Waals surface area contributed by atoms with Gasteiger partial charge in [-0.1, -0.05) is 41.9 Å². The molecular formula is C23H23ClN4O2. The molecule has 1 aliphatic rings. The molecule has 4 rings (SSSR count). The summed E-state index contributed by atoms with van der Waals surface area (Å²) in [5.74, 6) is -0.437. The van der Waals surface area contributed by atoms with E-state index in [1.54, 1.807) is 0 Å². The third-order valence-electron chi connectivity index (χ3n) is 5.40. The predicted molar refractivity (Wildman–Crippen MR) is 118 cm³/mol. The van der Waals surface area contributed by atoms with E-state index in [1.165, 1.54) is 0 Å². The van der Waals surface area contributed by atoms with Gasteiger partial charge in [0.1, 0.15) is 0 Å². The van der Waals surface area contributed by atoms with Gasteiger partial charge in [-0.3, -0.25) is 14.5 Å². The highest BCUT2D eigenvalue weighted by atomic mass is 35.5. The summed E-state index contributed by atoms with van der Waals surface area (Å²) in [6.45, 7) is 1.74. The minimum absolute atomic E-state index is 0.0625. The molecule has 1 fully saturated rings. The standard InChI is InChI=1S/C23H23ClN4O2/c24-16-7-5-15(6-8-16)21-13-19(18-3-1-2-4-20(18)27-21)23(30)26-17-9-11-28(12-10-17)14-22(25)29/h1-8,13,17H,9-12,14H2,(H2,25,29)(H,26,30). The maximum atomic E-state index is 13.2. The number of amides is 2. The lowest BCUT2D eigenvalue weighted by atomic mass is 10.0. The molecule has 0 atom stereocenters. The number of fused-ring (bicyclic) bond motifs is 1. The zero-order chi connectivity index (χ0) is 21.1. The summed E-state index contributed by atoms with van der Waals surface area (Å²) in [5, 5.41) is 4.63. The van der Waals surface area contributed by atoms with Crippen molar-refractivity contribution in [2.24, 2.45) is 5.73 Å². The number of hydrogen-bond acceptors (Lipinski definition) is 4. The van der Waals surface area contributed by atoms with E-state index in [2.05, 4.69) is 5.32 Å². The molecule has 3 aromatic rings. The number of para-hydroxylation sites is 1. The summed E-state index contributed by atoms with van der Waals surface area (Å²) in [7, 11) is 0. The summed E-state index contributed by atoms with van der Waals surface area (Å²) in [4.78, 5) is 31.0. The van der Waals surface area contributed by atoms with E-state index in [0.29, 0.717) is 10.6 Å². The van der Waals surface area contributed by atoms with E-state index in [4.69, 9.17) is 22.3 Å². The van der Waals surface area contributed by atoms with Crippen molar-refractivity contribution in [1.82, 2.24) is 15.2 Å². The fraction of sp³-hybridized carbons (Fsp3) is 0.261. The molecule has 0 bridgehead atoms. The number of carbonyl (C=O) groups excluding carboxylic acids is 2. The number of piperidine rings is 1. The molecule has 6 nitrogen and oxygen atoms in total. The lowest BCUT2D eigenvalue weighted by molar-refractivity contribution is -0.119. The predicted octanol–water partition coefficient (Wildman–Crippen LogP) is 3.23. The first kappa shape index (κ1) is 20.3. The van der Waals surface area contributed by atoms with Crippen molar-refractivity contribution in [3.05, 3.63) is 65.2 Å². The summed E-state index contributed by atoms with van der Waals surface area (Å²) in [5.41, 5.74) is 8.28. The molecule has 2 amide bonds. The van der Waals surface area contributed by atoms with E-state index >= 15 is 0 Å². The van der Waals surface area contributed by atoms with Crippen LogP contribution in [0.1, 0.15) is 23.2 Å². The second kappa shape index (κ2) is 8.81. The van der Waals surface area contributed by atoms with Crippen LogP contribution >= 0.6 is 11.6 Å². The van der Waals surface area contributed by atoms with Gasteiger partial charge in [-0.15, -0.1) is 0 Å². The molecule has 1 aliphatic heterocycles. The van der Waals surface area contributed by atoms with Crippen molar-refractivity contribution in [2.45, 2.75) is 18.9 Å². The van der Waals surface area contributed by atoms with Crippen molar-refractivity contribution in [2.75, 3.05) is 19.6 Å². The lowest BCUT2D eigenvalue weighted by Crippen LogP contribution is -2.46. The van der Waals surface area contributed by atoms with E-state index < -0.39 is 0 Å². The molecule has 3 N–H and O–H groups in total. The number of halogens is 1. The van der Waals surface area contributed by atoms with Crippen LogP contribution < -0.4 is 11.1 Å². The highest BCUT2D eigenvalue weighted by Gasteiger charge is 2.23. The van der Waals surface area contributed by atoms with Gasteiger partial charge >= 0.3 is 0 Å². The fourth-order valence-electron chi connectivity index (χ4n) is 3.85. The van der Waals surface area contributed by atoms with Crippen LogP contribution in [0, 0.1) is 0 Å². The molecule has 0 aliphatic carbocycles. The molecule has 0 spiro atoms. The molecular weight excluding hydrogens is 400 g/mol. The van der Waals surface area contributed by atoms with Crippen LogP contribution in [0.3, 0.4) is 0 Å². The van der Waals surface area contributed by atoms with E-state index in [-0.39, 0.29) is 24.4 Å². The number of benzene rings is 2. The molecule has 1 aromatic heterocycles.